The molecule has 5 nitrogen and oxygen atoms in total. The number of fused-ring (bicyclic) bond motifs is 1. The van der Waals surface area contributed by atoms with Crippen LogP contribution in [-0.4, -0.2) is 46.2 Å². The first-order valence-electron chi connectivity index (χ1n) is 8.75. The number of aliphatic hydroxyl groups excluding tert-OH is 1. The lowest BCUT2D eigenvalue weighted by Crippen LogP contribution is -2.56. The topological polar surface area (TPSA) is 77.8 Å². The van der Waals surface area contributed by atoms with E-state index in [0.717, 1.165) is 12.8 Å². The minimum Gasteiger partial charge on any atom is -0.481 e. The molecule has 2 aliphatic rings. The van der Waals surface area contributed by atoms with Crippen LogP contribution >= 0.6 is 0 Å². The van der Waals surface area contributed by atoms with Crippen molar-refractivity contribution in [3.8, 4) is 0 Å². The molecule has 0 bridgehead atoms. The first kappa shape index (κ1) is 17.0. The van der Waals surface area contributed by atoms with Crippen molar-refractivity contribution in [2.45, 2.75) is 45.1 Å². The second kappa shape index (κ2) is 6.55. The molecule has 1 aliphatic carbocycles. The van der Waals surface area contributed by atoms with Crippen LogP contribution in [0.1, 0.15) is 37.3 Å². The van der Waals surface area contributed by atoms with Crippen molar-refractivity contribution in [3.63, 3.8) is 0 Å². The number of carboxylic acids is 1. The zero-order valence-corrected chi connectivity index (χ0v) is 14.1. The van der Waals surface area contributed by atoms with E-state index in [4.69, 9.17) is 0 Å². The van der Waals surface area contributed by atoms with Crippen LogP contribution < -0.4 is 0 Å². The molecule has 0 saturated carbocycles. The maximum Gasteiger partial charge on any atom is 0.312 e. The first-order chi connectivity index (χ1) is 11.5. The normalized spacial score (nSPS) is 27.1. The number of benzene rings is 1. The minimum absolute atomic E-state index is 0.0423. The van der Waals surface area contributed by atoms with Gasteiger partial charge in [0.05, 0.1) is 11.5 Å². The Morgan fingerprint density at radius 3 is 2.38 bits per heavy atom. The summed E-state index contributed by atoms with van der Waals surface area (Å²) in [6, 6.07) is 8.10. The predicted molar refractivity (Wildman–Crippen MR) is 89.5 cm³/mol. The molecule has 24 heavy (non-hydrogen) atoms. The van der Waals surface area contributed by atoms with E-state index in [0.29, 0.717) is 25.8 Å². The van der Waals surface area contributed by atoms with Crippen LogP contribution in [0.25, 0.3) is 0 Å². The summed E-state index contributed by atoms with van der Waals surface area (Å²) in [7, 11) is 0. The molecule has 2 N–H and O–H groups in total. The second-order valence-electron chi connectivity index (χ2n) is 7.14. The highest BCUT2D eigenvalue weighted by atomic mass is 16.4. The molecule has 0 unspecified atom stereocenters. The van der Waals surface area contributed by atoms with E-state index in [1.54, 1.807) is 4.90 Å². The lowest BCUT2D eigenvalue weighted by atomic mass is 9.72. The quantitative estimate of drug-likeness (QED) is 0.883. The van der Waals surface area contributed by atoms with Crippen LogP contribution in [0.3, 0.4) is 0 Å². The molecule has 0 spiro atoms. The fourth-order valence-electron chi connectivity index (χ4n) is 4.26. The van der Waals surface area contributed by atoms with E-state index in [1.807, 2.05) is 19.1 Å². The van der Waals surface area contributed by atoms with E-state index in [9.17, 15) is 19.8 Å². The summed E-state index contributed by atoms with van der Waals surface area (Å²) >= 11 is 0. The van der Waals surface area contributed by atoms with Crippen LogP contribution in [0.4, 0.5) is 0 Å². The number of nitrogens with zero attached hydrogens (tertiary/aromatic N) is 1. The van der Waals surface area contributed by atoms with Gasteiger partial charge in [-0.05, 0) is 36.8 Å². The highest BCUT2D eigenvalue weighted by Gasteiger charge is 2.49. The highest BCUT2D eigenvalue weighted by Crippen LogP contribution is 2.38. The second-order valence-corrected chi connectivity index (χ2v) is 7.14. The number of carboxylic acid groups (broad SMARTS) is 1. The molecule has 1 fully saturated rings. The molecule has 0 radical (unpaired) electrons. The molecule has 1 heterocycles. The third-order valence-corrected chi connectivity index (χ3v) is 5.69. The fourth-order valence-corrected chi connectivity index (χ4v) is 4.26. The fraction of sp³-hybridized carbons (Fsp3) is 0.579. The van der Waals surface area contributed by atoms with Crippen molar-refractivity contribution in [3.05, 3.63) is 35.4 Å². The largest absolute Gasteiger partial charge is 0.481 e. The van der Waals surface area contributed by atoms with Crippen molar-refractivity contribution in [1.29, 1.82) is 0 Å². The van der Waals surface area contributed by atoms with Crippen LogP contribution in [0.2, 0.25) is 0 Å². The maximum atomic E-state index is 12.8. The van der Waals surface area contributed by atoms with Gasteiger partial charge in [-0.2, -0.15) is 0 Å². The Labute approximate surface area is 142 Å². The van der Waals surface area contributed by atoms with Gasteiger partial charge in [0.1, 0.15) is 0 Å². The van der Waals surface area contributed by atoms with E-state index >= 15 is 0 Å². The molecule has 2 atom stereocenters. The predicted octanol–water partition coefficient (Wildman–Crippen LogP) is 1.87. The molecule has 1 aromatic carbocycles. The number of piperidine rings is 1. The smallest absolute Gasteiger partial charge is 0.312 e. The van der Waals surface area contributed by atoms with Crippen LogP contribution in [-0.2, 0) is 22.4 Å². The molecule has 5 heteroatoms. The molecule has 1 amide bonds. The first-order valence-corrected chi connectivity index (χ1v) is 8.75. The summed E-state index contributed by atoms with van der Waals surface area (Å²) in [5, 5.41) is 20.1. The lowest BCUT2D eigenvalue weighted by molar-refractivity contribution is -0.167. The molecule has 0 aromatic heterocycles. The van der Waals surface area contributed by atoms with Crippen LogP contribution in [0.5, 0.6) is 0 Å². The number of likely N-dealkylation sites (tertiary alicyclic amines) is 1. The van der Waals surface area contributed by atoms with Crippen molar-refractivity contribution in [2.75, 3.05) is 13.1 Å². The molecule has 130 valence electrons. The summed E-state index contributed by atoms with van der Waals surface area (Å²) < 4.78 is 0. The summed E-state index contributed by atoms with van der Waals surface area (Å²) in [6.45, 7) is 2.46. The molecular formula is C19H25NO4. The van der Waals surface area contributed by atoms with Gasteiger partial charge >= 0.3 is 5.97 Å². The highest BCUT2D eigenvalue weighted by molar-refractivity contribution is 5.82. The zero-order chi connectivity index (χ0) is 17.3. The summed E-state index contributed by atoms with van der Waals surface area (Å²) in [5.74, 6) is -0.990. The van der Waals surface area contributed by atoms with E-state index in [2.05, 4.69) is 12.1 Å². The number of carbonyl (C=O) groups is 2. The Bertz CT molecular complexity index is 619. The Morgan fingerprint density at radius 2 is 1.88 bits per heavy atom. The number of carbonyl (C=O) groups excluding carboxylic acids is 1. The number of hydrogen-bond acceptors (Lipinski definition) is 3. The third-order valence-electron chi connectivity index (χ3n) is 5.69. The summed E-state index contributed by atoms with van der Waals surface area (Å²) in [5.41, 5.74) is 1.34. The van der Waals surface area contributed by atoms with Gasteiger partial charge in [-0.3, -0.25) is 9.59 Å². The third kappa shape index (κ3) is 2.81. The van der Waals surface area contributed by atoms with E-state index in [-0.39, 0.29) is 18.4 Å². The summed E-state index contributed by atoms with van der Waals surface area (Å²) in [6.07, 6.45) is 1.94. The number of rotatable bonds is 4. The number of aliphatic carboxylic acids is 1. The standard InChI is InChI=1S/C19H25NO4/c1-2-7-19(18(23)24)8-9-20(12-16(19)21)17(22)15-10-13-5-3-4-6-14(13)11-15/h3-6,15-16,21H,2,7-12H2,1H3,(H,23,24)/t16-,19+/m1/s1. The maximum absolute atomic E-state index is 12.8. The minimum atomic E-state index is -1.11. The van der Waals surface area contributed by atoms with E-state index in [1.165, 1.54) is 11.1 Å². The van der Waals surface area contributed by atoms with Gasteiger partial charge in [0.2, 0.25) is 5.91 Å². The van der Waals surface area contributed by atoms with Gasteiger partial charge in [-0.25, -0.2) is 0 Å². The number of amides is 1. The van der Waals surface area contributed by atoms with Gasteiger partial charge in [0, 0.05) is 19.0 Å². The van der Waals surface area contributed by atoms with Gasteiger partial charge in [-0.15, -0.1) is 0 Å². The van der Waals surface area contributed by atoms with Gasteiger partial charge in [0.15, 0.2) is 0 Å². The Morgan fingerprint density at radius 1 is 1.25 bits per heavy atom. The molecule has 3 rings (SSSR count). The van der Waals surface area contributed by atoms with Gasteiger partial charge < -0.3 is 15.1 Å². The average Bonchev–Trinajstić information content (AvgIpc) is 3.00. The number of hydrogen-bond donors (Lipinski definition) is 2. The van der Waals surface area contributed by atoms with Crippen LogP contribution in [0, 0.1) is 11.3 Å². The van der Waals surface area contributed by atoms with E-state index < -0.39 is 17.5 Å². The molecular weight excluding hydrogens is 306 g/mol. The average molecular weight is 331 g/mol. The SMILES string of the molecule is CCC[C@]1(C(=O)O)CCN(C(=O)C2Cc3ccccc3C2)C[C@H]1O. The Kier molecular flexibility index (Phi) is 4.63. The molecule has 1 aliphatic heterocycles. The Balaban J connectivity index is 1.68. The number of aliphatic hydroxyl groups is 1. The van der Waals surface area contributed by atoms with Crippen molar-refractivity contribution >= 4 is 11.9 Å². The molecule has 1 aromatic rings. The zero-order valence-electron chi connectivity index (χ0n) is 14.1. The van der Waals surface area contributed by atoms with Gasteiger partial charge in [0.25, 0.3) is 0 Å². The van der Waals surface area contributed by atoms with Crippen molar-refractivity contribution in [1.82, 2.24) is 4.90 Å². The lowest BCUT2D eigenvalue weighted by Gasteiger charge is -2.43. The molecule has 1 saturated heterocycles. The number of β-amino-alcohol motifs (C(OH)–C–C–N with tert-alkyl or cyclic N) is 1. The van der Waals surface area contributed by atoms with Crippen molar-refractivity contribution in [2.24, 2.45) is 11.3 Å². The monoisotopic (exact) mass is 331 g/mol. The van der Waals surface area contributed by atoms with Gasteiger partial charge in [-0.1, -0.05) is 37.6 Å². The Hall–Kier alpha value is -1.88. The van der Waals surface area contributed by atoms with Crippen LogP contribution in [0.15, 0.2) is 24.3 Å². The summed E-state index contributed by atoms with van der Waals surface area (Å²) in [4.78, 5) is 26.2. The van der Waals surface area contributed by atoms with Crippen molar-refractivity contribution < 1.29 is 19.8 Å².